The van der Waals surface area contributed by atoms with Gasteiger partial charge in [0.2, 0.25) is 5.76 Å². The van der Waals surface area contributed by atoms with Crippen LogP contribution in [0.25, 0.3) is 0 Å². The molecule has 3 rings (SSSR count). The molecule has 1 heterocycles. The van der Waals surface area contributed by atoms with E-state index in [1.54, 1.807) is 30.3 Å². The van der Waals surface area contributed by atoms with E-state index in [4.69, 9.17) is 18.9 Å². The Bertz CT molecular complexity index is 1160. The first-order chi connectivity index (χ1) is 14.6. The number of ether oxygens (including phenoxy) is 4. The summed E-state index contributed by atoms with van der Waals surface area (Å²) in [6, 6.07) is 12.2. The number of carbonyl (C=O) groups is 2. The molecule has 9 nitrogen and oxygen atoms in total. The monoisotopic (exact) mass is 447 g/mol. The minimum atomic E-state index is -4.11. The van der Waals surface area contributed by atoms with Gasteiger partial charge in [-0.2, -0.15) is 0 Å². The van der Waals surface area contributed by atoms with Crippen molar-refractivity contribution in [3.8, 4) is 11.5 Å². The van der Waals surface area contributed by atoms with E-state index >= 15 is 0 Å². The molecule has 0 radical (unpaired) electrons. The van der Waals surface area contributed by atoms with Crippen LogP contribution in [0.4, 0.5) is 0 Å². The number of esters is 1. The first-order valence-corrected chi connectivity index (χ1v) is 10.6. The van der Waals surface area contributed by atoms with Gasteiger partial charge in [-0.05, 0) is 31.2 Å². The molecule has 0 fully saturated rings. The van der Waals surface area contributed by atoms with Crippen molar-refractivity contribution in [3.63, 3.8) is 0 Å². The van der Waals surface area contributed by atoms with Crippen LogP contribution < -0.4 is 14.2 Å². The maximum absolute atomic E-state index is 13.2. The lowest BCUT2D eigenvalue weighted by atomic mass is 9.91. The molecule has 1 N–H and O–H groups in total. The van der Waals surface area contributed by atoms with Gasteiger partial charge in [-0.1, -0.05) is 24.3 Å². The molecule has 164 valence electrons. The maximum atomic E-state index is 13.2. The highest BCUT2D eigenvalue weighted by Crippen LogP contribution is 2.41. The van der Waals surface area contributed by atoms with E-state index in [0.717, 1.165) is 6.92 Å². The van der Waals surface area contributed by atoms with Crippen LogP contribution in [0.1, 0.15) is 19.4 Å². The molecule has 1 unspecified atom stereocenters. The van der Waals surface area contributed by atoms with Crippen molar-refractivity contribution in [3.05, 3.63) is 65.7 Å². The first-order valence-electron chi connectivity index (χ1n) is 9.09. The molecular weight excluding hydrogens is 426 g/mol. The van der Waals surface area contributed by atoms with Crippen LogP contribution in [0.3, 0.4) is 0 Å². The number of Topliss-reactive ketones (excluding diaryl/α,β-unsaturated/α-hetero) is 1. The van der Waals surface area contributed by atoms with Crippen LogP contribution >= 0.6 is 0 Å². The Labute approximate surface area is 179 Å². The van der Waals surface area contributed by atoms with Crippen molar-refractivity contribution < 1.29 is 37.0 Å². The fourth-order valence-electron chi connectivity index (χ4n) is 3.02. The smallest absolute Gasteiger partial charge is 0.308 e. The molecule has 0 spiro atoms. The summed E-state index contributed by atoms with van der Waals surface area (Å²) in [4.78, 5) is 24.7. The molecule has 0 saturated heterocycles. The summed E-state index contributed by atoms with van der Waals surface area (Å²) in [6.45, 7) is 2.53. The third-order valence-corrected chi connectivity index (χ3v) is 5.96. The van der Waals surface area contributed by atoms with Crippen LogP contribution in [0.15, 0.2) is 65.1 Å². The van der Waals surface area contributed by atoms with E-state index in [2.05, 4.69) is 4.72 Å². The van der Waals surface area contributed by atoms with E-state index in [9.17, 15) is 18.0 Å². The minimum Gasteiger partial charge on any atom is -0.493 e. The van der Waals surface area contributed by atoms with Gasteiger partial charge in [-0.25, -0.2) is 13.1 Å². The molecule has 0 aromatic heterocycles. The summed E-state index contributed by atoms with van der Waals surface area (Å²) >= 11 is 0. The molecule has 0 aliphatic carbocycles. The standard InChI is InChI=1S/C21H21NO8S/c1-13(23)29-18-19(24)21(2,14-10-11-16(27-3)17(12-14)28-4)30-20(18)22-31(25,26)15-8-6-5-7-9-15/h5-12,22H,1-4H3. The second kappa shape index (κ2) is 8.31. The Kier molecular flexibility index (Phi) is 5.94. The molecule has 0 saturated carbocycles. The lowest BCUT2D eigenvalue weighted by Crippen LogP contribution is -2.32. The van der Waals surface area contributed by atoms with Gasteiger partial charge in [0.15, 0.2) is 17.1 Å². The Hall–Kier alpha value is -3.53. The highest BCUT2D eigenvalue weighted by molar-refractivity contribution is 7.89. The maximum Gasteiger partial charge on any atom is 0.308 e. The van der Waals surface area contributed by atoms with Crippen molar-refractivity contribution >= 4 is 21.8 Å². The van der Waals surface area contributed by atoms with E-state index in [-0.39, 0.29) is 4.90 Å². The molecule has 0 amide bonds. The van der Waals surface area contributed by atoms with E-state index in [1.807, 2.05) is 0 Å². The third-order valence-electron chi connectivity index (χ3n) is 4.61. The topological polar surface area (TPSA) is 117 Å². The largest absolute Gasteiger partial charge is 0.493 e. The lowest BCUT2D eigenvalue weighted by Gasteiger charge is -2.24. The molecule has 1 atom stereocenters. The van der Waals surface area contributed by atoms with E-state index in [1.165, 1.54) is 39.3 Å². The zero-order valence-corrected chi connectivity index (χ0v) is 18.1. The van der Waals surface area contributed by atoms with Gasteiger partial charge in [0.05, 0.1) is 19.1 Å². The van der Waals surface area contributed by atoms with Crippen molar-refractivity contribution in [2.24, 2.45) is 0 Å². The number of hydrogen-bond acceptors (Lipinski definition) is 8. The predicted molar refractivity (Wildman–Crippen MR) is 109 cm³/mol. The van der Waals surface area contributed by atoms with Gasteiger partial charge in [0, 0.05) is 12.5 Å². The summed E-state index contributed by atoms with van der Waals surface area (Å²) < 4.78 is 48.9. The summed E-state index contributed by atoms with van der Waals surface area (Å²) in [6.07, 6.45) is 0. The number of methoxy groups -OCH3 is 2. The summed E-state index contributed by atoms with van der Waals surface area (Å²) in [5.74, 6) is -1.80. The molecule has 2 aromatic rings. The zero-order valence-electron chi connectivity index (χ0n) is 17.3. The Morgan fingerprint density at radius 1 is 1.03 bits per heavy atom. The van der Waals surface area contributed by atoms with Crippen molar-refractivity contribution in [1.82, 2.24) is 4.72 Å². The van der Waals surface area contributed by atoms with Gasteiger partial charge in [0.25, 0.3) is 21.7 Å². The molecule has 10 heteroatoms. The average Bonchev–Trinajstić information content (AvgIpc) is 2.98. The number of rotatable bonds is 7. The second-order valence-electron chi connectivity index (χ2n) is 6.70. The molecule has 1 aliphatic rings. The summed E-state index contributed by atoms with van der Waals surface area (Å²) in [5.41, 5.74) is -1.34. The number of ketones is 1. The minimum absolute atomic E-state index is 0.0551. The Morgan fingerprint density at radius 2 is 1.68 bits per heavy atom. The molecule has 31 heavy (non-hydrogen) atoms. The normalized spacial score (nSPS) is 18.4. The summed E-state index contributed by atoms with van der Waals surface area (Å²) in [5, 5.41) is 0. The molecule has 1 aliphatic heterocycles. The lowest BCUT2D eigenvalue weighted by molar-refractivity contribution is -0.142. The number of benzene rings is 2. The van der Waals surface area contributed by atoms with Gasteiger partial charge in [0.1, 0.15) is 0 Å². The van der Waals surface area contributed by atoms with Crippen LogP contribution in [0.2, 0.25) is 0 Å². The molecule has 2 aromatic carbocycles. The first kappa shape index (κ1) is 22.2. The Morgan fingerprint density at radius 3 is 2.26 bits per heavy atom. The van der Waals surface area contributed by atoms with Crippen LogP contribution in [-0.4, -0.2) is 34.4 Å². The SMILES string of the molecule is COc1ccc(C2(C)OC(NS(=O)(=O)c3ccccc3)=C(OC(C)=O)C2=O)cc1OC. The predicted octanol–water partition coefficient (Wildman–Crippen LogP) is 2.23. The van der Waals surface area contributed by atoms with E-state index in [0.29, 0.717) is 17.1 Å². The number of carbonyl (C=O) groups excluding carboxylic acids is 2. The van der Waals surface area contributed by atoms with Gasteiger partial charge < -0.3 is 18.9 Å². The van der Waals surface area contributed by atoms with Crippen molar-refractivity contribution in [1.29, 1.82) is 0 Å². The number of nitrogens with one attached hydrogen (secondary N) is 1. The van der Waals surface area contributed by atoms with E-state index < -0.39 is 39.0 Å². The third kappa shape index (κ3) is 4.19. The highest BCUT2D eigenvalue weighted by Gasteiger charge is 2.50. The van der Waals surface area contributed by atoms with Crippen LogP contribution in [-0.2, 0) is 34.7 Å². The second-order valence-corrected chi connectivity index (χ2v) is 8.39. The fourth-order valence-corrected chi connectivity index (χ4v) is 4.04. The van der Waals surface area contributed by atoms with Crippen molar-refractivity contribution in [2.75, 3.05) is 14.2 Å². The Balaban J connectivity index is 2.03. The summed E-state index contributed by atoms with van der Waals surface area (Å²) in [7, 11) is -1.21. The van der Waals surface area contributed by atoms with Crippen LogP contribution in [0.5, 0.6) is 11.5 Å². The van der Waals surface area contributed by atoms with Crippen molar-refractivity contribution in [2.45, 2.75) is 24.3 Å². The molecular formula is C21H21NO8S. The molecule has 0 bridgehead atoms. The fraction of sp³-hybridized carbons (Fsp3) is 0.238. The van der Waals surface area contributed by atoms with Gasteiger partial charge in [-0.3, -0.25) is 9.59 Å². The number of hydrogen-bond donors (Lipinski definition) is 1. The quantitative estimate of drug-likeness (QED) is 0.642. The zero-order chi connectivity index (χ0) is 22.8. The average molecular weight is 447 g/mol. The van der Waals surface area contributed by atoms with Gasteiger partial charge in [-0.15, -0.1) is 0 Å². The highest BCUT2D eigenvalue weighted by atomic mass is 32.2. The van der Waals surface area contributed by atoms with Gasteiger partial charge >= 0.3 is 5.97 Å². The van der Waals surface area contributed by atoms with Crippen LogP contribution in [0, 0.1) is 0 Å². The number of sulfonamides is 1.